The second-order valence-corrected chi connectivity index (χ2v) is 3.33. The van der Waals surface area contributed by atoms with Crippen LogP contribution in [-0.2, 0) is 4.79 Å². The molecule has 1 saturated carbocycles. The number of hydrogen-bond acceptors (Lipinski definition) is 2. The topological polar surface area (TPSA) is 29.1 Å². The van der Waals surface area contributed by atoms with Crippen LogP contribution < -0.4 is 5.32 Å². The molecule has 1 heterocycles. The largest absolute Gasteiger partial charge is 0.316 e. The minimum atomic E-state index is 0.450. The summed E-state index contributed by atoms with van der Waals surface area (Å²) in [5, 5.41) is 3.28. The van der Waals surface area contributed by atoms with E-state index in [0.717, 1.165) is 19.5 Å². The Bertz CT molecular complexity index is 157. The Hall–Kier alpha value is -0.370. The molecule has 2 aliphatic rings. The summed E-state index contributed by atoms with van der Waals surface area (Å²) >= 11 is 0. The first-order chi connectivity index (χ1) is 4.84. The smallest absolute Gasteiger partial charge is 0.136 e. The molecule has 10 heavy (non-hydrogen) atoms. The Balaban J connectivity index is 1.94. The van der Waals surface area contributed by atoms with E-state index in [1.54, 1.807) is 0 Å². The normalized spacial score (nSPS) is 43.1. The van der Waals surface area contributed by atoms with Gasteiger partial charge >= 0.3 is 0 Å². The molecule has 2 unspecified atom stereocenters. The van der Waals surface area contributed by atoms with Crippen LogP contribution in [0.5, 0.6) is 0 Å². The highest BCUT2D eigenvalue weighted by molar-refractivity contribution is 5.84. The third-order valence-corrected chi connectivity index (χ3v) is 2.81. The zero-order chi connectivity index (χ0) is 7.14. The van der Waals surface area contributed by atoms with E-state index in [-0.39, 0.29) is 0 Å². The molecule has 0 aromatic rings. The van der Waals surface area contributed by atoms with E-state index in [1.165, 1.54) is 0 Å². The van der Waals surface area contributed by atoms with Crippen LogP contribution >= 0.6 is 0 Å². The van der Waals surface area contributed by atoms with Gasteiger partial charge in [-0.3, -0.25) is 4.79 Å². The van der Waals surface area contributed by atoms with E-state index in [9.17, 15) is 4.79 Å². The van der Waals surface area contributed by atoms with Gasteiger partial charge < -0.3 is 5.32 Å². The Labute approximate surface area is 61.0 Å². The molecule has 2 heteroatoms. The second-order valence-electron chi connectivity index (χ2n) is 3.33. The molecule has 2 atom stereocenters. The van der Waals surface area contributed by atoms with Gasteiger partial charge in [0.15, 0.2) is 0 Å². The van der Waals surface area contributed by atoms with E-state index in [0.29, 0.717) is 23.5 Å². The first-order valence-corrected chi connectivity index (χ1v) is 4.08. The van der Waals surface area contributed by atoms with Crippen LogP contribution in [0.25, 0.3) is 0 Å². The average molecular weight is 139 g/mol. The molecule has 56 valence electrons. The predicted octanol–water partition coefficient (Wildman–Crippen LogP) is 0.431. The minimum Gasteiger partial charge on any atom is -0.316 e. The third kappa shape index (κ3) is 0.717. The molecule has 0 spiro atoms. The van der Waals surface area contributed by atoms with E-state index in [1.807, 2.05) is 6.92 Å². The zero-order valence-corrected chi connectivity index (χ0v) is 6.26. The number of carbonyl (C=O) groups excluding carboxylic acids is 1. The fraction of sp³-hybridized carbons (Fsp3) is 0.875. The fourth-order valence-corrected chi connectivity index (χ4v) is 2.13. The van der Waals surface area contributed by atoms with Crippen molar-refractivity contribution in [1.29, 1.82) is 0 Å². The quantitative estimate of drug-likeness (QED) is 0.601. The summed E-state index contributed by atoms with van der Waals surface area (Å²) in [6.07, 6.45) is 0.734. The minimum absolute atomic E-state index is 0.450. The monoisotopic (exact) mass is 139 g/mol. The standard InChI is InChI=1S/C8H13NO/c1-2-7(10)8-5-3-9-4-6(5)8/h5-6,8-9H,2-4H2,1H3. The Morgan fingerprint density at radius 1 is 1.50 bits per heavy atom. The molecule has 1 N–H and O–H groups in total. The molecule has 1 aliphatic heterocycles. The summed E-state index contributed by atoms with van der Waals surface area (Å²) in [4.78, 5) is 11.2. The maximum Gasteiger partial charge on any atom is 0.136 e. The molecule has 0 amide bonds. The van der Waals surface area contributed by atoms with Crippen molar-refractivity contribution in [3.63, 3.8) is 0 Å². The van der Waals surface area contributed by atoms with Gasteiger partial charge in [-0.05, 0) is 24.9 Å². The van der Waals surface area contributed by atoms with Crippen molar-refractivity contribution in [2.75, 3.05) is 13.1 Å². The lowest BCUT2D eigenvalue weighted by atomic mass is 10.1. The summed E-state index contributed by atoms with van der Waals surface area (Å²) in [5.74, 6) is 2.36. The first-order valence-electron chi connectivity index (χ1n) is 4.08. The van der Waals surface area contributed by atoms with Crippen LogP contribution in [0.1, 0.15) is 13.3 Å². The molecule has 0 aromatic heterocycles. The number of carbonyl (C=O) groups is 1. The summed E-state index contributed by atoms with van der Waals surface area (Å²) in [6.45, 7) is 4.13. The van der Waals surface area contributed by atoms with Crippen molar-refractivity contribution in [2.24, 2.45) is 17.8 Å². The van der Waals surface area contributed by atoms with E-state index < -0.39 is 0 Å². The number of rotatable bonds is 2. The van der Waals surface area contributed by atoms with Gasteiger partial charge in [-0.25, -0.2) is 0 Å². The lowest BCUT2D eigenvalue weighted by molar-refractivity contribution is -0.120. The molecule has 0 aromatic carbocycles. The van der Waals surface area contributed by atoms with Crippen LogP contribution in [0.15, 0.2) is 0 Å². The van der Waals surface area contributed by atoms with Gasteiger partial charge in [0.05, 0.1) is 0 Å². The molecule has 0 radical (unpaired) electrons. The summed E-state index contributed by atoms with van der Waals surface area (Å²) < 4.78 is 0. The van der Waals surface area contributed by atoms with Crippen LogP contribution in [0.4, 0.5) is 0 Å². The van der Waals surface area contributed by atoms with Gasteiger partial charge in [0, 0.05) is 12.3 Å². The van der Waals surface area contributed by atoms with Crippen molar-refractivity contribution in [3.8, 4) is 0 Å². The van der Waals surface area contributed by atoms with Gasteiger partial charge in [-0.15, -0.1) is 0 Å². The van der Waals surface area contributed by atoms with Crippen LogP contribution in [-0.4, -0.2) is 18.9 Å². The average Bonchev–Trinajstić information content (AvgIpc) is 2.43. The van der Waals surface area contributed by atoms with Crippen LogP contribution in [0.3, 0.4) is 0 Å². The number of nitrogens with one attached hydrogen (secondary N) is 1. The third-order valence-electron chi connectivity index (χ3n) is 2.81. The van der Waals surface area contributed by atoms with Crippen molar-refractivity contribution in [1.82, 2.24) is 5.32 Å². The van der Waals surface area contributed by atoms with Crippen LogP contribution in [0.2, 0.25) is 0 Å². The summed E-state index contributed by atoms with van der Waals surface area (Å²) in [5.41, 5.74) is 0. The van der Waals surface area contributed by atoms with Gasteiger partial charge in [0.25, 0.3) is 0 Å². The maximum atomic E-state index is 11.2. The van der Waals surface area contributed by atoms with Crippen molar-refractivity contribution >= 4 is 5.78 Å². The van der Waals surface area contributed by atoms with Crippen molar-refractivity contribution < 1.29 is 4.79 Å². The van der Waals surface area contributed by atoms with Crippen LogP contribution in [0, 0.1) is 17.8 Å². The zero-order valence-electron chi connectivity index (χ0n) is 6.26. The highest BCUT2D eigenvalue weighted by atomic mass is 16.1. The van der Waals surface area contributed by atoms with Gasteiger partial charge in [0.2, 0.25) is 0 Å². The maximum absolute atomic E-state index is 11.2. The number of ketones is 1. The molecule has 2 fully saturated rings. The van der Waals surface area contributed by atoms with Crippen molar-refractivity contribution in [3.05, 3.63) is 0 Å². The SMILES string of the molecule is CCC(=O)C1C2CNCC21. The molecule has 0 bridgehead atoms. The lowest BCUT2D eigenvalue weighted by Crippen LogP contribution is -2.18. The predicted molar refractivity (Wildman–Crippen MR) is 38.6 cm³/mol. The van der Waals surface area contributed by atoms with Gasteiger partial charge in [-0.2, -0.15) is 0 Å². The molecule has 2 nitrogen and oxygen atoms in total. The number of fused-ring (bicyclic) bond motifs is 1. The Kier molecular flexibility index (Phi) is 1.31. The molecular formula is C8H13NO. The highest BCUT2D eigenvalue weighted by Gasteiger charge is 2.55. The number of Topliss-reactive ketones (excluding diaryl/α,β-unsaturated/α-hetero) is 1. The molecule has 1 aliphatic carbocycles. The van der Waals surface area contributed by atoms with E-state index in [2.05, 4.69) is 5.32 Å². The van der Waals surface area contributed by atoms with Crippen molar-refractivity contribution in [2.45, 2.75) is 13.3 Å². The van der Waals surface area contributed by atoms with Gasteiger partial charge in [-0.1, -0.05) is 6.92 Å². The Morgan fingerprint density at radius 2 is 2.10 bits per heavy atom. The molecular weight excluding hydrogens is 126 g/mol. The summed E-state index contributed by atoms with van der Waals surface area (Å²) in [6, 6.07) is 0. The van der Waals surface area contributed by atoms with E-state index >= 15 is 0 Å². The molecule has 1 saturated heterocycles. The fourth-order valence-electron chi connectivity index (χ4n) is 2.13. The van der Waals surface area contributed by atoms with Gasteiger partial charge in [0.1, 0.15) is 5.78 Å². The second kappa shape index (κ2) is 2.06. The Morgan fingerprint density at radius 3 is 2.60 bits per heavy atom. The lowest BCUT2D eigenvalue weighted by Gasteiger charge is -1.99. The number of hydrogen-bond donors (Lipinski definition) is 1. The highest BCUT2D eigenvalue weighted by Crippen LogP contribution is 2.49. The first kappa shape index (κ1) is 6.35. The summed E-state index contributed by atoms with van der Waals surface area (Å²) in [7, 11) is 0. The van der Waals surface area contributed by atoms with E-state index in [4.69, 9.17) is 0 Å². The number of piperidine rings is 1. The molecule has 2 rings (SSSR count).